The summed E-state index contributed by atoms with van der Waals surface area (Å²) in [7, 11) is -3.55. The van der Waals surface area contributed by atoms with Gasteiger partial charge in [0.05, 0.1) is 40.9 Å². The van der Waals surface area contributed by atoms with Crippen LogP contribution in [-0.4, -0.2) is 68.8 Å². The number of tetrazole rings is 1. The topological polar surface area (TPSA) is 108 Å². The van der Waals surface area contributed by atoms with Gasteiger partial charge < -0.3 is 9.30 Å². The van der Waals surface area contributed by atoms with Crippen LogP contribution in [-0.2, 0) is 27.1 Å². The van der Waals surface area contributed by atoms with Gasteiger partial charge in [-0.25, -0.2) is 18.1 Å². The van der Waals surface area contributed by atoms with Crippen LogP contribution in [0.1, 0.15) is 31.6 Å². The molecule has 1 aromatic carbocycles. The van der Waals surface area contributed by atoms with Crippen molar-refractivity contribution < 1.29 is 13.2 Å². The highest BCUT2D eigenvalue weighted by atomic mass is 32.2. The highest BCUT2D eigenvalue weighted by Gasteiger charge is 2.29. The van der Waals surface area contributed by atoms with E-state index in [2.05, 4.69) is 27.0 Å². The maximum absolute atomic E-state index is 13.0. The molecule has 0 N–H and O–H groups in total. The van der Waals surface area contributed by atoms with Crippen molar-refractivity contribution in [3.8, 4) is 0 Å². The first-order chi connectivity index (χ1) is 14.6. The zero-order valence-corrected chi connectivity index (χ0v) is 18.3. The lowest BCUT2D eigenvalue weighted by Crippen LogP contribution is -2.40. The molecule has 30 heavy (non-hydrogen) atoms. The second-order valence-electron chi connectivity index (χ2n) is 7.37. The summed E-state index contributed by atoms with van der Waals surface area (Å²) in [6, 6.07) is 5.61. The Balaban J connectivity index is 1.42. The number of rotatable bonds is 7. The average molecular weight is 450 g/mol. The molecule has 1 aliphatic carbocycles. The Morgan fingerprint density at radius 1 is 1.23 bits per heavy atom. The summed E-state index contributed by atoms with van der Waals surface area (Å²) < 4.78 is 36.7. The fraction of sp³-hybridized carbons (Fsp3) is 0.556. The zero-order valence-electron chi connectivity index (χ0n) is 16.6. The number of morpholine rings is 1. The summed E-state index contributed by atoms with van der Waals surface area (Å²) in [6.07, 6.45) is 2.24. The zero-order chi connectivity index (χ0) is 20.7. The summed E-state index contributed by atoms with van der Waals surface area (Å²) >= 11 is 1.56. The Labute approximate surface area is 178 Å². The van der Waals surface area contributed by atoms with E-state index in [1.807, 2.05) is 10.7 Å². The molecule has 12 heteroatoms. The number of hydrogen-bond acceptors (Lipinski definition) is 8. The number of imidazole rings is 1. The first-order valence-electron chi connectivity index (χ1n) is 10.1. The second kappa shape index (κ2) is 7.91. The van der Waals surface area contributed by atoms with Crippen LogP contribution in [0.3, 0.4) is 0 Å². The van der Waals surface area contributed by atoms with Crippen LogP contribution in [0.15, 0.2) is 28.3 Å². The van der Waals surface area contributed by atoms with Crippen molar-refractivity contribution in [3.63, 3.8) is 0 Å². The van der Waals surface area contributed by atoms with Gasteiger partial charge in [0.15, 0.2) is 0 Å². The monoisotopic (exact) mass is 449 g/mol. The van der Waals surface area contributed by atoms with Crippen LogP contribution < -0.4 is 0 Å². The lowest BCUT2D eigenvalue weighted by molar-refractivity contribution is 0.0730. The van der Waals surface area contributed by atoms with E-state index in [1.54, 1.807) is 23.9 Å². The Morgan fingerprint density at radius 3 is 2.77 bits per heavy atom. The number of aromatic nitrogens is 6. The Bertz CT molecular complexity index is 1160. The minimum Gasteiger partial charge on any atom is -0.379 e. The van der Waals surface area contributed by atoms with E-state index in [0.717, 1.165) is 35.9 Å². The highest BCUT2D eigenvalue weighted by Crippen LogP contribution is 2.37. The summed E-state index contributed by atoms with van der Waals surface area (Å²) in [5.41, 5.74) is 1.61. The van der Waals surface area contributed by atoms with Gasteiger partial charge in [-0.3, -0.25) is 0 Å². The summed E-state index contributed by atoms with van der Waals surface area (Å²) in [6.45, 7) is 4.40. The first-order valence-corrected chi connectivity index (χ1v) is 12.5. The van der Waals surface area contributed by atoms with Crippen molar-refractivity contribution in [1.29, 1.82) is 0 Å². The predicted molar refractivity (Wildman–Crippen MR) is 111 cm³/mol. The molecule has 1 aliphatic heterocycles. The predicted octanol–water partition coefficient (Wildman–Crippen LogP) is 1.69. The molecule has 0 spiro atoms. The van der Waals surface area contributed by atoms with Crippen molar-refractivity contribution >= 4 is 32.8 Å². The molecule has 3 aromatic rings. The Hall–Kier alpha value is -2.02. The first kappa shape index (κ1) is 19.9. The Morgan fingerprint density at radius 2 is 2.03 bits per heavy atom. The van der Waals surface area contributed by atoms with Gasteiger partial charge in [0.1, 0.15) is 5.82 Å². The van der Waals surface area contributed by atoms with Gasteiger partial charge in [-0.1, -0.05) is 11.8 Å². The van der Waals surface area contributed by atoms with Gasteiger partial charge in [0, 0.05) is 19.6 Å². The number of fused-ring (bicyclic) bond motifs is 1. The molecular formula is C18H23N7O3S2. The molecule has 2 fully saturated rings. The van der Waals surface area contributed by atoms with E-state index >= 15 is 0 Å². The lowest BCUT2D eigenvalue weighted by Gasteiger charge is -2.26. The van der Waals surface area contributed by atoms with E-state index < -0.39 is 10.0 Å². The van der Waals surface area contributed by atoms with Crippen molar-refractivity contribution in [2.45, 2.75) is 48.2 Å². The van der Waals surface area contributed by atoms with Crippen molar-refractivity contribution in [3.05, 3.63) is 24.0 Å². The van der Waals surface area contributed by atoms with Gasteiger partial charge in [0.2, 0.25) is 15.2 Å². The van der Waals surface area contributed by atoms with E-state index in [0.29, 0.717) is 43.6 Å². The maximum atomic E-state index is 13.0. The van der Waals surface area contributed by atoms with Crippen LogP contribution in [0, 0.1) is 0 Å². The SMILES string of the molecule is CCn1c(CSc2nnnn2C2CC2)nc2cc(S(=O)(=O)N3CCOCC3)ccc21. The van der Waals surface area contributed by atoms with Crippen LogP contribution in [0.4, 0.5) is 0 Å². The summed E-state index contributed by atoms with van der Waals surface area (Å²) in [4.78, 5) is 5.02. The minimum atomic E-state index is -3.55. The average Bonchev–Trinajstić information content (AvgIpc) is 3.39. The third-order valence-corrected chi connectivity index (χ3v) is 8.23. The Kier molecular flexibility index (Phi) is 5.25. The molecule has 0 amide bonds. The molecule has 5 rings (SSSR count). The normalized spacial score (nSPS) is 18.3. The molecule has 2 aliphatic rings. The molecule has 3 heterocycles. The maximum Gasteiger partial charge on any atom is 0.243 e. The van der Waals surface area contributed by atoms with E-state index in [9.17, 15) is 8.42 Å². The number of thioether (sulfide) groups is 1. The molecule has 2 aromatic heterocycles. The molecule has 10 nitrogen and oxygen atoms in total. The van der Waals surface area contributed by atoms with Crippen LogP contribution >= 0.6 is 11.8 Å². The number of nitrogens with zero attached hydrogens (tertiary/aromatic N) is 7. The fourth-order valence-electron chi connectivity index (χ4n) is 3.68. The van der Waals surface area contributed by atoms with Crippen LogP contribution in [0.2, 0.25) is 0 Å². The summed E-state index contributed by atoms with van der Waals surface area (Å²) in [5.74, 6) is 1.49. The van der Waals surface area contributed by atoms with E-state index in [1.165, 1.54) is 4.31 Å². The molecule has 0 bridgehead atoms. The van der Waals surface area contributed by atoms with Gasteiger partial charge in [-0.2, -0.15) is 4.31 Å². The van der Waals surface area contributed by atoms with Crippen LogP contribution in [0.5, 0.6) is 0 Å². The standard InChI is InChI=1S/C18H23N7O3S2/c1-2-24-16-6-5-14(30(26,27)23-7-9-28-10-8-23)11-15(16)19-17(24)12-29-18-20-21-22-25(18)13-3-4-13/h5-6,11,13H,2-4,7-10,12H2,1H3. The number of aryl methyl sites for hydroxylation is 1. The molecule has 0 atom stereocenters. The van der Waals surface area contributed by atoms with E-state index in [-0.39, 0.29) is 4.90 Å². The van der Waals surface area contributed by atoms with Crippen LogP contribution in [0.25, 0.3) is 11.0 Å². The lowest BCUT2D eigenvalue weighted by atomic mass is 10.3. The molecule has 0 unspecified atom stereocenters. The minimum absolute atomic E-state index is 0.273. The molecule has 1 saturated heterocycles. The quantitative estimate of drug-likeness (QED) is 0.502. The highest BCUT2D eigenvalue weighted by molar-refractivity contribution is 7.98. The number of hydrogen-bond donors (Lipinski definition) is 0. The molecule has 0 radical (unpaired) electrons. The third kappa shape index (κ3) is 3.61. The van der Waals surface area contributed by atoms with E-state index in [4.69, 9.17) is 9.72 Å². The number of benzene rings is 1. The number of ether oxygens (including phenoxy) is 1. The number of sulfonamides is 1. The van der Waals surface area contributed by atoms with Gasteiger partial charge in [0.25, 0.3) is 0 Å². The smallest absolute Gasteiger partial charge is 0.243 e. The largest absolute Gasteiger partial charge is 0.379 e. The molecular weight excluding hydrogens is 426 g/mol. The van der Waals surface area contributed by atoms with Crippen molar-refractivity contribution in [1.82, 2.24) is 34.1 Å². The third-order valence-electron chi connectivity index (χ3n) is 5.41. The second-order valence-corrected chi connectivity index (χ2v) is 10.2. The van der Waals surface area contributed by atoms with Crippen molar-refractivity contribution in [2.24, 2.45) is 0 Å². The summed E-state index contributed by atoms with van der Waals surface area (Å²) in [5, 5.41) is 12.8. The molecule has 160 valence electrons. The molecule has 1 saturated carbocycles. The fourth-order valence-corrected chi connectivity index (χ4v) is 6.00. The van der Waals surface area contributed by atoms with Gasteiger partial charge >= 0.3 is 0 Å². The van der Waals surface area contributed by atoms with Gasteiger partial charge in [-0.15, -0.1) is 5.10 Å². The van der Waals surface area contributed by atoms with Gasteiger partial charge in [-0.05, 0) is 48.4 Å². The van der Waals surface area contributed by atoms with Crippen molar-refractivity contribution in [2.75, 3.05) is 26.3 Å².